The van der Waals surface area contributed by atoms with Crippen LogP contribution in [0.25, 0.3) is 10.1 Å². The number of fused-ring (bicyclic) bond motifs is 1. The molecule has 0 fully saturated rings. The van der Waals surface area contributed by atoms with E-state index in [0.717, 1.165) is 16.5 Å². The molecule has 1 nitrogen and oxygen atoms in total. The third-order valence-electron chi connectivity index (χ3n) is 3.18. The van der Waals surface area contributed by atoms with Crippen molar-refractivity contribution in [3.63, 3.8) is 0 Å². The van der Waals surface area contributed by atoms with Crippen LogP contribution in [0.2, 0.25) is 0 Å². The van der Waals surface area contributed by atoms with Crippen LogP contribution in [0.1, 0.15) is 15.8 Å². The molecule has 0 spiro atoms. The molecule has 3 rings (SSSR count). The summed E-state index contributed by atoms with van der Waals surface area (Å²) in [5.74, 6) is -0.167. The van der Waals surface area contributed by atoms with Gasteiger partial charge in [-0.25, -0.2) is 4.39 Å². The number of hydrogen-bond acceptors (Lipinski definition) is 3. The third-order valence-corrected chi connectivity index (χ3v) is 5.29. The Morgan fingerprint density at radius 1 is 1.26 bits per heavy atom. The summed E-state index contributed by atoms with van der Waals surface area (Å²) in [6.07, 6.45) is 0.976. The second kappa shape index (κ2) is 5.41. The fourth-order valence-corrected chi connectivity index (χ4v) is 4.12. The summed E-state index contributed by atoms with van der Waals surface area (Å²) in [6, 6.07) is 11.7. The molecule has 0 bridgehead atoms. The van der Waals surface area contributed by atoms with E-state index in [1.165, 1.54) is 15.8 Å². The Balaban J connectivity index is 1.92. The average Bonchev–Trinajstić information content (AvgIpc) is 3.03. The van der Waals surface area contributed by atoms with Gasteiger partial charge >= 0.3 is 0 Å². The van der Waals surface area contributed by atoms with Crippen LogP contribution in [0.3, 0.4) is 0 Å². The molecule has 2 aromatic heterocycles. The van der Waals surface area contributed by atoms with Crippen molar-refractivity contribution in [2.24, 2.45) is 0 Å². The van der Waals surface area contributed by atoms with E-state index in [4.69, 9.17) is 0 Å². The lowest BCUT2D eigenvalue weighted by atomic mass is 10.1. The Bertz CT molecular complexity index is 673. The molecule has 2 heterocycles. The van der Waals surface area contributed by atoms with Gasteiger partial charge in [0.05, 0.1) is 0 Å². The smallest absolute Gasteiger partial charge is 0.124 e. The number of hydrogen-bond donors (Lipinski definition) is 1. The lowest BCUT2D eigenvalue weighted by Gasteiger charge is -2.12. The lowest BCUT2D eigenvalue weighted by Crippen LogP contribution is -2.17. The molecule has 0 saturated carbocycles. The number of halogens is 1. The van der Waals surface area contributed by atoms with Gasteiger partial charge in [0.15, 0.2) is 0 Å². The number of nitrogens with one attached hydrogen (secondary N) is 1. The van der Waals surface area contributed by atoms with E-state index in [1.54, 1.807) is 28.7 Å². The van der Waals surface area contributed by atoms with Crippen LogP contribution < -0.4 is 5.32 Å². The summed E-state index contributed by atoms with van der Waals surface area (Å²) in [4.78, 5) is 2.62. The van der Waals surface area contributed by atoms with Gasteiger partial charge in [0.2, 0.25) is 0 Å². The number of benzene rings is 1. The summed E-state index contributed by atoms with van der Waals surface area (Å²) < 4.78 is 14.2. The van der Waals surface area contributed by atoms with Crippen LogP contribution >= 0.6 is 22.7 Å². The second-order valence-corrected chi connectivity index (χ2v) is 6.60. The maximum absolute atomic E-state index is 13.2. The summed E-state index contributed by atoms with van der Waals surface area (Å²) in [6.45, 7) is 0. The standard InChI is InChI=1S/C15H14FNS2/c1-17-13(9-12-3-2-6-18-12)15-7-10-4-5-11(16)8-14(10)19-15/h2-8,13,17H,9H2,1H3. The van der Waals surface area contributed by atoms with E-state index < -0.39 is 0 Å². The van der Waals surface area contributed by atoms with E-state index in [2.05, 4.69) is 28.9 Å². The minimum Gasteiger partial charge on any atom is -0.312 e. The van der Waals surface area contributed by atoms with Gasteiger partial charge in [-0.1, -0.05) is 12.1 Å². The van der Waals surface area contributed by atoms with Gasteiger partial charge in [-0.3, -0.25) is 0 Å². The largest absolute Gasteiger partial charge is 0.312 e. The molecule has 19 heavy (non-hydrogen) atoms. The minimum atomic E-state index is -0.167. The van der Waals surface area contributed by atoms with E-state index in [9.17, 15) is 4.39 Å². The first kappa shape index (κ1) is 12.8. The average molecular weight is 291 g/mol. The van der Waals surface area contributed by atoms with Crippen molar-refractivity contribution >= 4 is 32.8 Å². The van der Waals surface area contributed by atoms with E-state index in [0.29, 0.717) is 6.04 Å². The van der Waals surface area contributed by atoms with Crippen molar-refractivity contribution in [2.45, 2.75) is 12.5 Å². The first-order valence-corrected chi connectivity index (χ1v) is 7.84. The first-order chi connectivity index (χ1) is 9.26. The molecule has 1 unspecified atom stereocenters. The van der Waals surface area contributed by atoms with Gasteiger partial charge in [0.1, 0.15) is 5.82 Å². The Labute approximate surface area is 119 Å². The van der Waals surface area contributed by atoms with Crippen molar-refractivity contribution in [1.29, 1.82) is 0 Å². The number of rotatable bonds is 4. The Hall–Kier alpha value is -1.23. The fraction of sp³-hybridized carbons (Fsp3) is 0.200. The summed E-state index contributed by atoms with van der Waals surface area (Å²) in [7, 11) is 1.98. The lowest BCUT2D eigenvalue weighted by molar-refractivity contribution is 0.607. The quantitative estimate of drug-likeness (QED) is 0.740. The van der Waals surface area contributed by atoms with Gasteiger partial charge in [-0.15, -0.1) is 22.7 Å². The predicted molar refractivity (Wildman–Crippen MR) is 81.6 cm³/mol. The molecule has 0 amide bonds. The van der Waals surface area contributed by atoms with Crippen LogP contribution in [0, 0.1) is 5.82 Å². The second-order valence-electron chi connectivity index (χ2n) is 4.46. The zero-order valence-corrected chi connectivity index (χ0v) is 12.2. The molecule has 0 aliphatic rings. The molecule has 1 N–H and O–H groups in total. The number of likely N-dealkylation sites (N-methyl/N-ethyl adjacent to an activating group) is 1. The van der Waals surface area contributed by atoms with Crippen LogP contribution in [0.5, 0.6) is 0 Å². The van der Waals surface area contributed by atoms with Gasteiger partial charge in [-0.2, -0.15) is 0 Å². The van der Waals surface area contributed by atoms with Crippen LogP contribution in [-0.4, -0.2) is 7.05 Å². The maximum Gasteiger partial charge on any atom is 0.124 e. The third kappa shape index (κ3) is 2.71. The molecule has 0 aliphatic carbocycles. The predicted octanol–water partition coefficient (Wildman–Crippen LogP) is 4.61. The minimum absolute atomic E-state index is 0.167. The van der Waals surface area contributed by atoms with E-state index >= 15 is 0 Å². The molecule has 1 aromatic carbocycles. The van der Waals surface area contributed by atoms with Gasteiger partial charge in [0.25, 0.3) is 0 Å². The SMILES string of the molecule is CNC(Cc1cccs1)c1cc2ccc(F)cc2s1. The van der Waals surface area contributed by atoms with Crippen molar-refractivity contribution < 1.29 is 4.39 Å². The van der Waals surface area contributed by atoms with Gasteiger partial charge in [-0.05, 0) is 42.1 Å². The highest BCUT2D eigenvalue weighted by Gasteiger charge is 2.14. The van der Waals surface area contributed by atoms with Crippen LogP contribution in [0.15, 0.2) is 41.8 Å². The zero-order valence-electron chi connectivity index (χ0n) is 10.5. The summed E-state index contributed by atoms with van der Waals surface area (Å²) in [5.41, 5.74) is 0. The molecule has 98 valence electrons. The molecule has 3 aromatic rings. The highest BCUT2D eigenvalue weighted by Crippen LogP contribution is 2.32. The highest BCUT2D eigenvalue weighted by atomic mass is 32.1. The van der Waals surface area contributed by atoms with E-state index in [-0.39, 0.29) is 5.82 Å². The number of thiophene rings is 2. The van der Waals surface area contributed by atoms with Crippen molar-refractivity contribution in [1.82, 2.24) is 5.32 Å². The maximum atomic E-state index is 13.2. The molecule has 0 radical (unpaired) electrons. The summed E-state index contributed by atoms with van der Waals surface area (Å²) >= 11 is 3.44. The van der Waals surface area contributed by atoms with E-state index in [1.807, 2.05) is 13.1 Å². The monoisotopic (exact) mass is 291 g/mol. The molecule has 0 saturated heterocycles. The van der Waals surface area contributed by atoms with Crippen molar-refractivity contribution in [3.8, 4) is 0 Å². The fourth-order valence-electron chi connectivity index (χ4n) is 2.17. The Kier molecular flexibility index (Phi) is 3.64. The van der Waals surface area contributed by atoms with Crippen LogP contribution in [0.4, 0.5) is 4.39 Å². The molecule has 4 heteroatoms. The van der Waals surface area contributed by atoms with Gasteiger partial charge in [0, 0.05) is 26.9 Å². The van der Waals surface area contributed by atoms with Crippen molar-refractivity contribution in [3.05, 3.63) is 57.3 Å². The zero-order chi connectivity index (χ0) is 13.2. The summed E-state index contributed by atoms with van der Waals surface area (Å²) in [5, 5.41) is 6.57. The topological polar surface area (TPSA) is 12.0 Å². The first-order valence-electron chi connectivity index (χ1n) is 6.15. The molecule has 0 aliphatic heterocycles. The van der Waals surface area contributed by atoms with Crippen molar-refractivity contribution in [2.75, 3.05) is 7.05 Å². The molecular weight excluding hydrogens is 277 g/mol. The Morgan fingerprint density at radius 3 is 2.89 bits per heavy atom. The normalized spacial score (nSPS) is 12.9. The highest BCUT2D eigenvalue weighted by molar-refractivity contribution is 7.19. The van der Waals surface area contributed by atoms with Crippen LogP contribution in [-0.2, 0) is 6.42 Å². The van der Waals surface area contributed by atoms with Gasteiger partial charge < -0.3 is 5.32 Å². The molecular formula is C15H14FNS2. The molecule has 1 atom stereocenters. The Morgan fingerprint density at radius 2 is 2.16 bits per heavy atom.